The van der Waals surface area contributed by atoms with Crippen molar-refractivity contribution in [1.29, 1.82) is 0 Å². The van der Waals surface area contributed by atoms with Crippen LogP contribution in [0, 0.1) is 5.92 Å². The van der Waals surface area contributed by atoms with Gasteiger partial charge in [0.25, 0.3) is 0 Å². The van der Waals surface area contributed by atoms with E-state index >= 15 is 0 Å². The van der Waals surface area contributed by atoms with Crippen molar-refractivity contribution in [3.05, 3.63) is 66.2 Å². The van der Waals surface area contributed by atoms with Crippen LogP contribution >= 0.6 is 0 Å². The average Bonchev–Trinajstić information content (AvgIpc) is 2.80. The summed E-state index contributed by atoms with van der Waals surface area (Å²) in [4.78, 5) is 0. The maximum absolute atomic E-state index is 12.1. The van der Waals surface area contributed by atoms with Gasteiger partial charge < -0.3 is 4.74 Å². The predicted octanol–water partition coefficient (Wildman–Crippen LogP) is 8.50. The monoisotopic (exact) mass is 408 g/mol. The molecule has 0 saturated heterocycles. The Bertz CT molecular complexity index is 739. The molecule has 1 nitrogen and oxygen atoms in total. The smallest absolute Gasteiger partial charge is 0.119 e. The second-order valence-electron chi connectivity index (χ2n) is 8.60. The van der Waals surface area contributed by atoms with Crippen molar-refractivity contribution < 1.29 is 9.13 Å². The minimum Gasteiger partial charge on any atom is -0.494 e. The fourth-order valence-electron chi connectivity index (χ4n) is 4.36. The third-order valence-corrected chi connectivity index (χ3v) is 6.32. The molecule has 0 spiro atoms. The first-order valence-electron chi connectivity index (χ1n) is 11.8. The molecule has 1 aliphatic rings. The number of benzene rings is 2. The van der Waals surface area contributed by atoms with Crippen molar-refractivity contribution in [3.63, 3.8) is 0 Å². The van der Waals surface area contributed by atoms with E-state index in [9.17, 15) is 4.39 Å². The molecule has 0 N–H and O–H groups in total. The molecular formula is C28H37FO. The maximum atomic E-state index is 12.1. The number of hydrogen-bond donors (Lipinski definition) is 0. The van der Waals surface area contributed by atoms with Crippen molar-refractivity contribution >= 4 is 0 Å². The minimum atomic E-state index is -0.201. The van der Waals surface area contributed by atoms with Crippen molar-refractivity contribution in [3.8, 4) is 16.9 Å². The van der Waals surface area contributed by atoms with Gasteiger partial charge in [0.05, 0.1) is 13.3 Å². The van der Waals surface area contributed by atoms with E-state index in [2.05, 4.69) is 67.6 Å². The van der Waals surface area contributed by atoms with Crippen LogP contribution in [-0.2, 0) is 0 Å². The Labute approximate surface area is 182 Å². The van der Waals surface area contributed by atoms with Gasteiger partial charge in [0, 0.05) is 0 Å². The molecule has 2 aromatic carbocycles. The van der Waals surface area contributed by atoms with Crippen LogP contribution in [0.3, 0.4) is 0 Å². The van der Waals surface area contributed by atoms with Crippen molar-refractivity contribution in [2.24, 2.45) is 5.92 Å². The molecule has 0 atom stereocenters. The maximum Gasteiger partial charge on any atom is 0.119 e. The van der Waals surface area contributed by atoms with E-state index in [1.165, 1.54) is 42.4 Å². The van der Waals surface area contributed by atoms with Crippen LogP contribution in [-0.4, -0.2) is 13.3 Å². The predicted molar refractivity (Wildman–Crippen MR) is 126 cm³/mol. The van der Waals surface area contributed by atoms with Crippen LogP contribution in [0.4, 0.5) is 4.39 Å². The van der Waals surface area contributed by atoms with Crippen LogP contribution < -0.4 is 4.74 Å². The number of rotatable bonds is 11. The van der Waals surface area contributed by atoms with Gasteiger partial charge in [0.2, 0.25) is 0 Å². The quantitative estimate of drug-likeness (QED) is 0.267. The lowest BCUT2D eigenvalue weighted by Gasteiger charge is -2.28. The highest BCUT2D eigenvalue weighted by atomic mass is 19.1. The van der Waals surface area contributed by atoms with Gasteiger partial charge in [-0.05, 0) is 92.0 Å². The lowest BCUT2D eigenvalue weighted by atomic mass is 9.77. The largest absolute Gasteiger partial charge is 0.494 e. The summed E-state index contributed by atoms with van der Waals surface area (Å²) in [6, 6.07) is 17.6. The van der Waals surface area contributed by atoms with Crippen molar-refractivity contribution in [2.45, 2.75) is 70.6 Å². The van der Waals surface area contributed by atoms with Crippen LogP contribution in [0.15, 0.2) is 60.7 Å². The number of halogens is 1. The molecule has 2 aromatic rings. The first-order chi connectivity index (χ1) is 14.8. The Balaban J connectivity index is 1.47. The fourth-order valence-corrected chi connectivity index (χ4v) is 4.36. The van der Waals surface area contributed by atoms with Gasteiger partial charge in [-0.15, -0.1) is 0 Å². The van der Waals surface area contributed by atoms with Gasteiger partial charge in [0.15, 0.2) is 0 Å². The molecule has 30 heavy (non-hydrogen) atoms. The molecule has 3 rings (SSSR count). The summed E-state index contributed by atoms with van der Waals surface area (Å²) < 4.78 is 17.9. The molecule has 2 heteroatoms. The second kappa shape index (κ2) is 12.6. The van der Waals surface area contributed by atoms with Gasteiger partial charge in [-0.2, -0.15) is 0 Å². The van der Waals surface area contributed by atoms with Gasteiger partial charge in [-0.3, -0.25) is 4.39 Å². The van der Waals surface area contributed by atoms with E-state index in [0.717, 1.165) is 44.0 Å². The first kappa shape index (κ1) is 22.6. The summed E-state index contributed by atoms with van der Waals surface area (Å²) in [5, 5.41) is 0. The highest BCUT2D eigenvalue weighted by molar-refractivity contribution is 5.64. The molecule has 1 fully saturated rings. The first-order valence-corrected chi connectivity index (χ1v) is 11.8. The second-order valence-corrected chi connectivity index (χ2v) is 8.60. The summed E-state index contributed by atoms with van der Waals surface area (Å²) in [6.45, 7) is 2.77. The molecule has 1 saturated carbocycles. The van der Waals surface area contributed by atoms with Crippen molar-refractivity contribution in [2.75, 3.05) is 13.3 Å². The molecule has 0 bridgehead atoms. The Morgan fingerprint density at radius 2 is 1.53 bits per heavy atom. The molecule has 0 heterocycles. The van der Waals surface area contributed by atoms with Gasteiger partial charge >= 0.3 is 0 Å². The number of hydrogen-bond acceptors (Lipinski definition) is 1. The molecule has 0 amide bonds. The molecule has 0 aromatic heterocycles. The van der Waals surface area contributed by atoms with Gasteiger partial charge in [0.1, 0.15) is 5.75 Å². The molecule has 1 aliphatic carbocycles. The summed E-state index contributed by atoms with van der Waals surface area (Å²) in [5.74, 6) is 2.46. The SMILES string of the molecule is CCCCOc1ccc(-c2ccc([C@H]3CC[C@H](C/C=C/CCCF)CC3)cc2)cc1. The van der Waals surface area contributed by atoms with Crippen molar-refractivity contribution in [1.82, 2.24) is 0 Å². The Morgan fingerprint density at radius 3 is 2.17 bits per heavy atom. The van der Waals surface area contributed by atoms with Gasteiger partial charge in [-0.25, -0.2) is 0 Å². The topological polar surface area (TPSA) is 9.23 Å². The summed E-state index contributed by atoms with van der Waals surface area (Å²) >= 11 is 0. The van der Waals surface area contributed by atoms with E-state index < -0.39 is 0 Å². The number of alkyl halides is 1. The molecule has 162 valence electrons. The molecule has 0 radical (unpaired) electrons. The average molecular weight is 409 g/mol. The summed E-state index contributed by atoms with van der Waals surface area (Å²) in [5.41, 5.74) is 3.99. The van der Waals surface area contributed by atoms with Crippen LogP contribution in [0.1, 0.15) is 76.2 Å². The zero-order valence-corrected chi connectivity index (χ0v) is 18.5. The number of allylic oxidation sites excluding steroid dienone is 2. The summed E-state index contributed by atoms with van der Waals surface area (Å²) in [6.07, 6.45) is 14.6. The van der Waals surface area contributed by atoms with E-state index in [1.54, 1.807) is 0 Å². The van der Waals surface area contributed by atoms with Crippen LogP contribution in [0.5, 0.6) is 5.75 Å². The van der Waals surface area contributed by atoms with Crippen LogP contribution in [0.2, 0.25) is 0 Å². The Hall–Kier alpha value is -2.09. The highest BCUT2D eigenvalue weighted by Gasteiger charge is 2.21. The van der Waals surface area contributed by atoms with E-state index in [0.29, 0.717) is 12.3 Å². The fraction of sp³-hybridized carbons (Fsp3) is 0.500. The Morgan fingerprint density at radius 1 is 0.867 bits per heavy atom. The number of unbranched alkanes of at least 4 members (excludes halogenated alkanes) is 2. The highest BCUT2D eigenvalue weighted by Crippen LogP contribution is 2.37. The van der Waals surface area contributed by atoms with E-state index in [-0.39, 0.29) is 6.67 Å². The molecular weight excluding hydrogens is 371 g/mol. The standard InChI is InChI=1S/C28H37FO/c1-2-3-22-30-28-19-17-27(18-20-28)26-15-13-25(14-16-26)24-11-9-23(10-12-24)8-6-4-5-7-21-29/h4,6,13-20,23-24H,2-3,5,7-12,21-22H2,1H3/b6-4+/t23-,24-. The van der Waals surface area contributed by atoms with Gasteiger partial charge in [-0.1, -0.05) is 61.9 Å². The molecule has 0 aliphatic heterocycles. The zero-order valence-electron chi connectivity index (χ0n) is 18.5. The van der Waals surface area contributed by atoms with Crippen LogP contribution in [0.25, 0.3) is 11.1 Å². The normalized spacial score (nSPS) is 19.3. The zero-order chi connectivity index (χ0) is 21.0. The Kier molecular flexibility index (Phi) is 9.47. The van der Waals surface area contributed by atoms with E-state index in [1.807, 2.05) is 0 Å². The lowest BCUT2D eigenvalue weighted by molar-refractivity contribution is 0.309. The third-order valence-electron chi connectivity index (χ3n) is 6.32. The summed E-state index contributed by atoms with van der Waals surface area (Å²) in [7, 11) is 0. The molecule has 0 unspecified atom stereocenters. The minimum absolute atomic E-state index is 0.201. The third kappa shape index (κ3) is 7.00. The van der Waals surface area contributed by atoms with E-state index in [4.69, 9.17) is 4.74 Å². The number of ether oxygens (including phenoxy) is 1. The lowest BCUT2D eigenvalue weighted by Crippen LogP contribution is -2.12.